The summed E-state index contributed by atoms with van der Waals surface area (Å²) in [4.78, 5) is 0. The average molecular weight is 347 g/mol. The first-order valence-corrected chi connectivity index (χ1v) is 9.01. The third-order valence-electron chi connectivity index (χ3n) is 2.30. The molecule has 0 aliphatic heterocycles. The van der Waals surface area contributed by atoms with Crippen LogP contribution in [-0.4, -0.2) is 19.4 Å². The molecule has 0 spiro atoms. The minimum absolute atomic E-state index is 0.247. The maximum Gasteiger partial charge on any atom is 0.412 e. The highest BCUT2D eigenvalue weighted by atomic mass is 35.5. The predicted octanol–water partition coefficient (Wildman–Crippen LogP) is 4.67. The van der Waals surface area contributed by atoms with E-state index in [9.17, 15) is 13.2 Å². The van der Waals surface area contributed by atoms with Crippen molar-refractivity contribution >= 4 is 35.2 Å². The summed E-state index contributed by atoms with van der Waals surface area (Å²) in [6.45, 7) is -2.51. The van der Waals surface area contributed by atoms with E-state index in [1.54, 1.807) is 24.3 Å². The Labute approximate surface area is 126 Å². The van der Waals surface area contributed by atoms with Crippen LogP contribution >= 0.6 is 18.1 Å². The Morgan fingerprint density at radius 1 is 1.25 bits per heavy atom. The van der Waals surface area contributed by atoms with E-state index >= 15 is 0 Å². The lowest BCUT2D eigenvalue weighted by atomic mass is 10.4. The average Bonchev–Trinajstić information content (AvgIpc) is 2.36. The van der Waals surface area contributed by atoms with Crippen molar-refractivity contribution in [2.45, 2.75) is 25.9 Å². The van der Waals surface area contributed by atoms with Gasteiger partial charge in [-0.1, -0.05) is 37.1 Å². The summed E-state index contributed by atoms with van der Waals surface area (Å²) in [6.07, 6.45) is -2.92. The summed E-state index contributed by atoms with van der Waals surface area (Å²) in [5.74, 6) is 0. The molecule has 0 bridgehead atoms. The van der Waals surface area contributed by atoms with Crippen molar-refractivity contribution in [3.63, 3.8) is 0 Å². The molecular weight excluding hydrogens is 332 g/mol. The molecule has 1 unspecified atom stereocenters. The highest BCUT2D eigenvalue weighted by Crippen LogP contribution is 2.50. The third-order valence-corrected chi connectivity index (χ3v) is 5.96. The van der Waals surface area contributed by atoms with Crippen LogP contribution in [0.1, 0.15) is 19.8 Å². The molecule has 0 amide bonds. The van der Waals surface area contributed by atoms with Crippen LogP contribution in [0.4, 0.5) is 13.2 Å². The van der Waals surface area contributed by atoms with Crippen LogP contribution in [0.15, 0.2) is 24.3 Å². The van der Waals surface area contributed by atoms with Gasteiger partial charge in [-0.2, -0.15) is 13.2 Å². The Morgan fingerprint density at radius 3 is 2.45 bits per heavy atom. The van der Waals surface area contributed by atoms with Gasteiger partial charge in [0.15, 0.2) is 6.61 Å². The molecule has 0 N–H and O–H groups in total. The summed E-state index contributed by atoms with van der Waals surface area (Å²) in [6, 6.07) is 6.41. The molecule has 1 atom stereocenters. The number of halogens is 4. The maximum absolute atomic E-state index is 12.3. The molecule has 1 aromatic carbocycles. The van der Waals surface area contributed by atoms with Crippen LogP contribution in [0.3, 0.4) is 0 Å². The van der Waals surface area contributed by atoms with Crippen LogP contribution in [0.25, 0.3) is 0 Å². The molecule has 0 saturated carbocycles. The molecule has 8 heteroatoms. The van der Waals surface area contributed by atoms with E-state index in [0.29, 0.717) is 11.7 Å². The van der Waals surface area contributed by atoms with Gasteiger partial charge in [0.25, 0.3) is 0 Å². The van der Waals surface area contributed by atoms with Gasteiger partial charge in [-0.3, -0.25) is 0 Å². The minimum atomic E-state index is -4.46. The lowest BCUT2D eigenvalue weighted by Crippen LogP contribution is -2.20. The number of rotatable bonds is 7. The Balaban J connectivity index is 2.95. The molecule has 2 nitrogen and oxygen atoms in total. The van der Waals surface area contributed by atoms with E-state index in [1.807, 2.05) is 6.92 Å². The van der Waals surface area contributed by atoms with Gasteiger partial charge >= 0.3 is 6.18 Å². The van der Waals surface area contributed by atoms with Gasteiger partial charge in [0.1, 0.15) is 0 Å². The molecule has 114 valence electrons. The second-order valence-corrected chi connectivity index (χ2v) is 7.87. The first-order valence-electron chi connectivity index (χ1n) is 5.99. The quantitative estimate of drug-likeness (QED) is 0.528. The first-order chi connectivity index (χ1) is 9.28. The molecule has 0 aliphatic carbocycles. The number of alkyl halides is 3. The Morgan fingerprint density at radius 2 is 1.90 bits per heavy atom. The molecule has 0 aliphatic rings. The normalized spacial score (nSPS) is 15.1. The summed E-state index contributed by atoms with van der Waals surface area (Å²) in [5, 5.41) is 0.575. The summed E-state index contributed by atoms with van der Waals surface area (Å²) in [5.41, 5.74) is 0. The molecule has 20 heavy (non-hydrogen) atoms. The van der Waals surface area contributed by atoms with E-state index < -0.39 is 19.3 Å². The number of hydrogen-bond acceptors (Lipinski definition) is 3. The highest BCUT2D eigenvalue weighted by Gasteiger charge is 2.34. The lowest BCUT2D eigenvalue weighted by Gasteiger charge is -2.24. The van der Waals surface area contributed by atoms with Gasteiger partial charge in [0.2, 0.25) is 6.49 Å². The highest BCUT2D eigenvalue weighted by molar-refractivity contribution is 8.13. The second-order valence-electron chi connectivity index (χ2n) is 4.02. The zero-order valence-corrected chi connectivity index (χ0v) is 13.3. The van der Waals surface area contributed by atoms with Crippen molar-refractivity contribution in [1.82, 2.24) is 0 Å². The van der Waals surface area contributed by atoms with Gasteiger partial charge in [-0.25, -0.2) is 0 Å². The molecule has 1 rings (SSSR count). The predicted molar refractivity (Wildman–Crippen MR) is 78.2 cm³/mol. The van der Waals surface area contributed by atoms with E-state index in [1.165, 1.54) is 0 Å². The van der Waals surface area contributed by atoms with Crippen LogP contribution in [0.2, 0.25) is 5.02 Å². The van der Waals surface area contributed by atoms with Crippen molar-refractivity contribution in [3.8, 4) is 0 Å². The third kappa shape index (κ3) is 5.70. The molecule has 0 saturated heterocycles. The smallest absolute Gasteiger partial charge is 0.326 e. The molecule has 1 aromatic rings. The zero-order valence-electron chi connectivity index (χ0n) is 10.8. The fourth-order valence-electron chi connectivity index (χ4n) is 1.34. The van der Waals surface area contributed by atoms with Crippen molar-refractivity contribution in [2.24, 2.45) is 0 Å². The summed E-state index contributed by atoms with van der Waals surface area (Å²) >= 11 is 11.2. The van der Waals surface area contributed by atoms with Crippen LogP contribution in [0.5, 0.6) is 0 Å². The zero-order chi connectivity index (χ0) is 15.2. The molecular formula is C12H15ClF3O2PS. The van der Waals surface area contributed by atoms with Gasteiger partial charge in [0.05, 0.1) is 16.9 Å². The standard InChI is InChI=1S/C12H15ClF3O2PS/c1-2-3-8-17-19(20,18-9-12(14,15)16)11-7-5-4-6-10(11)13/h4-7H,2-3,8-9H2,1H3. The van der Waals surface area contributed by atoms with Crippen molar-refractivity contribution in [3.05, 3.63) is 29.3 Å². The maximum atomic E-state index is 12.3. The van der Waals surface area contributed by atoms with E-state index in [-0.39, 0.29) is 11.6 Å². The van der Waals surface area contributed by atoms with Crippen molar-refractivity contribution in [2.75, 3.05) is 13.2 Å². The first kappa shape index (κ1) is 17.9. The van der Waals surface area contributed by atoms with Crippen LogP contribution in [0, 0.1) is 0 Å². The summed E-state index contributed by atoms with van der Waals surface area (Å²) < 4.78 is 47.4. The lowest BCUT2D eigenvalue weighted by molar-refractivity contribution is -0.153. The van der Waals surface area contributed by atoms with Crippen LogP contribution in [-0.2, 0) is 20.9 Å². The number of unbranched alkanes of at least 4 members (excludes halogenated alkanes) is 1. The van der Waals surface area contributed by atoms with Gasteiger partial charge in [-0.15, -0.1) is 0 Å². The fourth-order valence-corrected chi connectivity index (χ4v) is 4.46. The topological polar surface area (TPSA) is 18.5 Å². The monoisotopic (exact) mass is 346 g/mol. The molecule has 0 radical (unpaired) electrons. The van der Waals surface area contributed by atoms with E-state index in [2.05, 4.69) is 0 Å². The number of hydrogen-bond donors (Lipinski definition) is 0. The van der Waals surface area contributed by atoms with Crippen molar-refractivity contribution < 1.29 is 22.2 Å². The van der Waals surface area contributed by atoms with Gasteiger partial charge < -0.3 is 9.05 Å². The molecule has 0 heterocycles. The van der Waals surface area contributed by atoms with Gasteiger partial charge in [-0.05, 0) is 30.4 Å². The summed E-state index contributed by atoms with van der Waals surface area (Å²) in [7, 11) is 0. The second kappa shape index (κ2) is 7.76. The van der Waals surface area contributed by atoms with Gasteiger partial charge in [0, 0.05) is 0 Å². The number of benzene rings is 1. The molecule has 0 aromatic heterocycles. The molecule has 0 fully saturated rings. The van der Waals surface area contributed by atoms with Crippen LogP contribution < -0.4 is 5.30 Å². The Bertz CT molecular complexity index is 482. The minimum Gasteiger partial charge on any atom is -0.326 e. The largest absolute Gasteiger partial charge is 0.412 e. The van der Waals surface area contributed by atoms with E-state index in [0.717, 1.165) is 6.42 Å². The Hall–Kier alpha value is -0.130. The van der Waals surface area contributed by atoms with E-state index in [4.69, 9.17) is 32.5 Å². The SMILES string of the molecule is CCCCOP(=S)(OCC(F)(F)F)c1ccccc1Cl. The Kier molecular flexibility index (Phi) is 6.95. The fraction of sp³-hybridized carbons (Fsp3) is 0.500. The van der Waals surface area contributed by atoms with Crippen molar-refractivity contribution in [1.29, 1.82) is 0 Å².